The van der Waals surface area contributed by atoms with Gasteiger partial charge in [0.25, 0.3) is 0 Å². The van der Waals surface area contributed by atoms with E-state index in [1.54, 1.807) is 6.20 Å². The van der Waals surface area contributed by atoms with Crippen LogP contribution < -0.4 is 0 Å². The van der Waals surface area contributed by atoms with E-state index in [4.69, 9.17) is 5.11 Å². The number of methoxy groups -OCH3 is 1. The number of hydrogen-bond acceptors (Lipinski definition) is 3. The molecule has 0 bridgehead atoms. The molecule has 0 saturated carbocycles. The number of H-pyrrole nitrogens is 1. The lowest BCUT2D eigenvalue weighted by Crippen LogP contribution is -2.21. The third-order valence-corrected chi connectivity index (χ3v) is 2.58. The molecule has 17 heavy (non-hydrogen) atoms. The Kier molecular flexibility index (Phi) is 3.93. The maximum absolute atomic E-state index is 11.2. The first-order valence-electron chi connectivity index (χ1n) is 5.31. The van der Waals surface area contributed by atoms with E-state index in [0.29, 0.717) is 12.0 Å². The fourth-order valence-electron chi connectivity index (χ4n) is 1.78. The van der Waals surface area contributed by atoms with Crippen molar-refractivity contribution in [2.75, 3.05) is 7.11 Å². The Hall–Kier alpha value is -1.78. The van der Waals surface area contributed by atoms with Crippen molar-refractivity contribution < 1.29 is 19.4 Å². The molecule has 1 rings (SSSR count). The fraction of sp³-hybridized carbons (Fsp3) is 0.500. The first-order chi connectivity index (χ1) is 7.85. The molecule has 5 nitrogen and oxygen atoms in total. The zero-order chi connectivity index (χ0) is 13.1. The minimum absolute atomic E-state index is 0.253. The monoisotopic (exact) mass is 239 g/mol. The topological polar surface area (TPSA) is 79.4 Å². The number of ether oxygens (including phenoxy) is 1. The number of hydrogen-bond donors (Lipinski definition) is 2. The van der Waals surface area contributed by atoms with Crippen LogP contribution in [0.1, 0.15) is 36.2 Å². The summed E-state index contributed by atoms with van der Waals surface area (Å²) in [6.07, 6.45) is 3.87. The summed E-state index contributed by atoms with van der Waals surface area (Å²) in [4.78, 5) is 24.9. The lowest BCUT2D eigenvalue weighted by Gasteiger charge is -2.22. The van der Waals surface area contributed by atoms with Crippen molar-refractivity contribution >= 4 is 11.9 Å². The number of carboxylic acids is 1. The number of aromatic nitrogens is 1. The third-order valence-electron chi connectivity index (χ3n) is 2.58. The van der Waals surface area contributed by atoms with Crippen molar-refractivity contribution in [3.05, 3.63) is 23.5 Å². The number of aromatic carboxylic acids is 1. The lowest BCUT2D eigenvalue weighted by molar-refractivity contribution is -0.142. The van der Waals surface area contributed by atoms with Gasteiger partial charge in [-0.05, 0) is 17.4 Å². The van der Waals surface area contributed by atoms with Crippen LogP contribution in [0.4, 0.5) is 0 Å². The number of esters is 1. The van der Waals surface area contributed by atoms with Crippen LogP contribution in [-0.4, -0.2) is 29.1 Å². The molecule has 5 heteroatoms. The van der Waals surface area contributed by atoms with Gasteiger partial charge in [0.05, 0.1) is 19.1 Å². The molecule has 0 spiro atoms. The van der Waals surface area contributed by atoms with Gasteiger partial charge in [0.2, 0.25) is 0 Å². The van der Waals surface area contributed by atoms with E-state index >= 15 is 0 Å². The molecule has 94 valence electrons. The Morgan fingerprint density at radius 2 is 2.06 bits per heavy atom. The molecule has 1 aromatic heterocycles. The van der Waals surface area contributed by atoms with E-state index in [0.717, 1.165) is 0 Å². The smallest absolute Gasteiger partial charge is 0.337 e. The standard InChI is InChI=1S/C12H17NO4/c1-12(2,5-10(14)17-3)4-8-6-13-7-9(8)11(15)16/h6-7,13H,4-5H2,1-3H3,(H,15,16). The summed E-state index contributed by atoms with van der Waals surface area (Å²) >= 11 is 0. The number of carbonyl (C=O) groups excluding carboxylic acids is 1. The number of carbonyl (C=O) groups is 2. The van der Waals surface area contributed by atoms with Crippen molar-refractivity contribution in [3.63, 3.8) is 0 Å². The predicted octanol–water partition coefficient (Wildman–Crippen LogP) is 1.84. The van der Waals surface area contributed by atoms with Crippen LogP contribution in [0.5, 0.6) is 0 Å². The molecule has 0 aliphatic rings. The first kappa shape index (κ1) is 13.3. The third kappa shape index (κ3) is 3.62. The Balaban J connectivity index is 2.79. The first-order valence-corrected chi connectivity index (χ1v) is 5.31. The highest BCUT2D eigenvalue weighted by Gasteiger charge is 2.25. The summed E-state index contributed by atoms with van der Waals surface area (Å²) in [7, 11) is 1.34. The summed E-state index contributed by atoms with van der Waals surface area (Å²) in [5.41, 5.74) is 0.619. The Labute approximate surface area is 99.8 Å². The van der Waals surface area contributed by atoms with E-state index in [2.05, 4.69) is 9.72 Å². The van der Waals surface area contributed by atoms with E-state index in [9.17, 15) is 9.59 Å². The van der Waals surface area contributed by atoms with Crippen LogP contribution >= 0.6 is 0 Å². The minimum Gasteiger partial charge on any atom is -0.478 e. The molecule has 0 radical (unpaired) electrons. The van der Waals surface area contributed by atoms with Gasteiger partial charge in [0, 0.05) is 12.4 Å². The highest BCUT2D eigenvalue weighted by Crippen LogP contribution is 2.27. The molecule has 1 aromatic rings. The van der Waals surface area contributed by atoms with Gasteiger partial charge < -0.3 is 14.8 Å². The van der Waals surface area contributed by atoms with Crippen LogP contribution in [0, 0.1) is 5.41 Å². The van der Waals surface area contributed by atoms with Crippen LogP contribution in [0.3, 0.4) is 0 Å². The summed E-state index contributed by atoms with van der Waals surface area (Å²) in [5.74, 6) is -1.25. The van der Waals surface area contributed by atoms with E-state index in [1.807, 2.05) is 13.8 Å². The van der Waals surface area contributed by atoms with Gasteiger partial charge in [-0.3, -0.25) is 4.79 Å². The Morgan fingerprint density at radius 3 is 2.59 bits per heavy atom. The average molecular weight is 239 g/mol. The van der Waals surface area contributed by atoms with Crippen molar-refractivity contribution in [2.24, 2.45) is 5.41 Å². The predicted molar refractivity (Wildman–Crippen MR) is 61.9 cm³/mol. The van der Waals surface area contributed by atoms with Crippen LogP contribution in [-0.2, 0) is 16.0 Å². The minimum atomic E-state index is -0.963. The summed E-state index contributed by atoms with van der Waals surface area (Å²) in [6.45, 7) is 3.81. The van der Waals surface area contributed by atoms with Crippen molar-refractivity contribution in [2.45, 2.75) is 26.7 Å². The quantitative estimate of drug-likeness (QED) is 0.768. The van der Waals surface area contributed by atoms with Crippen LogP contribution in [0.2, 0.25) is 0 Å². The molecule has 0 atom stereocenters. The van der Waals surface area contributed by atoms with Gasteiger partial charge in [-0.25, -0.2) is 4.79 Å². The molecule has 0 aliphatic heterocycles. The molecule has 1 heterocycles. The maximum atomic E-state index is 11.2. The van der Waals surface area contributed by atoms with Gasteiger partial charge in [-0.2, -0.15) is 0 Å². The fourth-order valence-corrected chi connectivity index (χ4v) is 1.78. The maximum Gasteiger partial charge on any atom is 0.337 e. The highest BCUT2D eigenvalue weighted by atomic mass is 16.5. The number of carboxylic acid groups (broad SMARTS) is 1. The molecule has 0 aliphatic carbocycles. The second kappa shape index (κ2) is 5.03. The molecule has 2 N–H and O–H groups in total. The second-order valence-electron chi connectivity index (χ2n) is 4.79. The summed E-state index contributed by atoms with van der Waals surface area (Å²) < 4.78 is 4.62. The van der Waals surface area contributed by atoms with Crippen molar-refractivity contribution in [1.29, 1.82) is 0 Å². The number of nitrogens with one attached hydrogen (secondary N) is 1. The SMILES string of the molecule is COC(=O)CC(C)(C)Cc1c[nH]cc1C(=O)O. The van der Waals surface area contributed by atoms with E-state index in [1.165, 1.54) is 13.3 Å². The normalized spacial score (nSPS) is 11.2. The molecule has 0 saturated heterocycles. The Bertz CT molecular complexity index is 420. The zero-order valence-corrected chi connectivity index (χ0v) is 10.2. The van der Waals surface area contributed by atoms with Crippen molar-refractivity contribution in [1.82, 2.24) is 4.98 Å². The molecular weight excluding hydrogens is 222 g/mol. The lowest BCUT2D eigenvalue weighted by atomic mass is 9.82. The number of rotatable bonds is 5. The Morgan fingerprint density at radius 1 is 1.41 bits per heavy atom. The second-order valence-corrected chi connectivity index (χ2v) is 4.79. The van der Waals surface area contributed by atoms with E-state index in [-0.39, 0.29) is 23.4 Å². The average Bonchev–Trinajstić information content (AvgIpc) is 2.64. The van der Waals surface area contributed by atoms with Gasteiger partial charge in [0.15, 0.2) is 0 Å². The van der Waals surface area contributed by atoms with Gasteiger partial charge >= 0.3 is 11.9 Å². The van der Waals surface area contributed by atoms with Crippen LogP contribution in [0.15, 0.2) is 12.4 Å². The summed E-state index contributed by atoms with van der Waals surface area (Å²) in [5, 5.41) is 8.97. The van der Waals surface area contributed by atoms with Gasteiger partial charge in [-0.15, -0.1) is 0 Å². The number of aromatic amines is 1. The van der Waals surface area contributed by atoms with Crippen molar-refractivity contribution in [3.8, 4) is 0 Å². The van der Waals surface area contributed by atoms with Gasteiger partial charge in [0.1, 0.15) is 0 Å². The molecule has 0 unspecified atom stereocenters. The zero-order valence-electron chi connectivity index (χ0n) is 10.2. The van der Waals surface area contributed by atoms with E-state index < -0.39 is 5.97 Å². The largest absolute Gasteiger partial charge is 0.478 e. The molecule has 0 fully saturated rings. The van der Waals surface area contributed by atoms with Crippen LogP contribution in [0.25, 0.3) is 0 Å². The highest BCUT2D eigenvalue weighted by molar-refractivity contribution is 5.89. The molecule has 0 amide bonds. The molecule has 0 aromatic carbocycles. The van der Waals surface area contributed by atoms with Gasteiger partial charge in [-0.1, -0.05) is 13.8 Å². The molecular formula is C12H17NO4. The summed E-state index contributed by atoms with van der Waals surface area (Å²) in [6, 6.07) is 0.